The molecule has 0 spiro atoms. The molecule has 0 saturated heterocycles. The van der Waals surface area contributed by atoms with Gasteiger partial charge in [-0.2, -0.15) is 0 Å². The lowest BCUT2D eigenvalue weighted by Crippen LogP contribution is -2.55. The first kappa shape index (κ1) is 33.6. The number of carbonyl (C=O) groups excluding carboxylic acids is 3. The first-order valence-electron chi connectivity index (χ1n) is 14.6. The van der Waals surface area contributed by atoms with Gasteiger partial charge in [-0.25, -0.2) is 4.79 Å². The molecule has 1 fully saturated rings. The minimum absolute atomic E-state index is 0.0502. The number of benzene rings is 1. The molecule has 1 aromatic rings. The minimum atomic E-state index is -1.17. The van der Waals surface area contributed by atoms with Crippen LogP contribution in [0.4, 0.5) is 4.79 Å². The number of hydrogen-bond donors (Lipinski definition) is 4. The van der Waals surface area contributed by atoms with Crippen LogP contribution in [0, 0.1) is 17.3 Å². The Morgan fingerprint density at radius 2 is 1.68 bits per heavy atom. The Bertz CT molecular complexity index is 941. The van der Waals surface area contributed by atoms with E-state index in [4.69, 9.17) is 9.47 Å². The van der Waals surface area contributed by atoms with Crippen LogP contribution in [-0.4, -0.2) is 60.0 Å². The van der Waals surface area contributed by atoms with Gasteiger partial charge in [0.1, 0.15) is 17.7 Å². The number of amides is 3. The number of carbonyl (C=O) groups is 3. The second-order valence-electron chi connectivity index (χ2n) is 13.0. The van der Waals surface area contributed by atoms with E-state index in [1.54, 1.807) is 20.8 Å². The highest BCUT2D eigenvalue weighted by atomic mass is 16.6. The summed E-state index contributed by atoms with van der Waals surface area (Å²) in [5, 5.41) is 19.6. The summed E-state index contributed by atoms with van der Waals surface area (Å²) in [6, 6.07) is 8.86. The zero-order chi connectivity index (χ0) is 29.9. The molecule has 5 atom stereocenters. The molecule has 1 aliphatic carbocycles. The van der Waals surface area contributed by atoms with Crippen molar-refractivity contribution in [3.8, 4) is 0 Å². The Morgan fingerprint density at radius 1 is 1.00 bits per heavy atom. The maximum absolute atomic E-state index is 13.1. The molecule has 0 bridgehead atoms. The van der Waals surface area contributed by atoms with Crippen LogP contribution in [0.25, 0.3) is 0 Å². The van der Waals surface area contributed by atoms with E-state index in [-0.39, 0.29) is 23.8 Å². The van der Waals surface area contributed by atoms with Gasteiger partial charge in [0.2, 0.25) is 11.8 Å². The SMILES string of the molecule is CCC[C@@H](COCc1ccccc1)NC(=O)C(O)[C@H]1CCC[C@H]1CNC(=O)[C@@H](NC(=O)OC(C)(C)C)C(C)(C)C. The van der Waals surface area contributed by atoms with Gasteiger partial charge in [0.05, 0.1) is 19.3 Å². The fourth-order valence-electron chi connectivity index (χ4n) is 5.09. The lowest BCUT2D eigenvalue weighted by Gasteiger charge is -2.32. The summed E-state index contributed by atoms with van der Waals surface area (Å²) in [5.74, 6) is -1.03. The van der Waals surface area contributed by atoms with Crippen LogP contribution in [0.15, 0.2) is 30.3 Å². The molecule has 3 amide bonds. The standard InChI is InChI=1S/C31H51N3O6/c1-8-13-23(20-39-19-21-14-10-9-11-15-21)33-27(36)25(35)24-17-12-16-22(24)18-32-28(37)26(30(2,3)4)34-29(38)40-31(5,6)7/h9-11,14-15,22-26,35H,8,12-13,16-20H2,1-7H3,(H,32,37)(H,33,36)(H,34,38)/t22-,23-,24-,25?,26+/m0/s1. The van der Waals surface area contributed by atoms with Crippen LogP contribution >= 0.6 is 0 Å². The van der Waals surface area contributed by atoms with Gasteiger partial charge in [0, 0.05) is 6.54 Å². The fraction of sp³-hybridized carbons (Fsp3) is 0.710. The number of nitrogens with one attached hydrogen (secondary N) is 3. The molecule has 226 valence electrons. The lowest BCUT2D eigenvalue weighted by molar-refractivity contribution is -0.134. The number of hydrogen-bond acceptors (Lipinski definition) is 6. The molecule has 0 radical (unpaired) electrons. The van der Waals surface area contributed by atoms with Crippen LogP contribution in [0.2, 0.25) is 0 Å². The Hall–Kier alpha value is -2.65. The van der Waals surface area contributed by atoms with Crippen molar-refractivity contribution < 1.29 is 29.0 Å². The van der Waals surface area contributed by atoms with E-state index in [2.05, 4.69) is 16.0 Å². The first-order valence-corrected chi connectivity index (χ1v) is 14.6. The van der Waals surface area contributed by atoms with Gasteiger partial charge in [-0.1, -0.05) is 70.9 Å². The third-order valence-corrected chi connectivity index (χ3v) is 7.13. The van der Waals surface area contributed by atoms with E-state index in [9.17, 15) is 19.5 Å². The van der Waals surface area contributed by atoms with Gasteiger partial charge < -0.3 is 30.5 Å². The van der Waals surface area contributed by atoms with Crippen molar-refractivity contribution in [2.45, 2.75) is 111 Å². The topological polar surface area (TPSA) is 126 Å². The molecular weight excluding hydrogens is 510 g/mol. The molecule has 2 rings (SSSR count). The second kappa shape index (κ2) is 15.4. The van der Waals surface area contributed by atoms with Crippen molar-refractivity contribution in [1.29, 1.82) is 0 Å². The molecule has 0 heterocycles. The van der Waals surface area contributed by atoms with E-state index in [0.29, 0.717) is 26.2 Å². The van der Waals surface area contributed by atoms with Crippen molar-refractivity contribution in [2.24, 2.45) is 17.3 Å². The third kappa shape index (κ3) is 11.5. The third-order valence-electron chi connectivity index (χ3n) is 7.13. The highest BCUT2D eigenvalue weighted by molar-refractivity contribution is 5.86. The van der Waals surface area contributed by atoms with Crippen molar-refractivity contribution in [2.75, 3.05) is 13.2 Å². The van der Waals surface area contributed by atoms with Crippen LogP contribution in [-0.2, 0) is 25.7 Å². The van der Waals surface area contributed by atoms with Crippen LogP contribution in [0.3, 0.4) is 0 Å². The summed E-state index contributed by atoms with van der Waals surface area (Å²) in [7, 11) is 0. The molecule has 4 N–H and O–H groups in total. The predicted octanol–water partition coefficient (Wildman–Crippen LogP) is 4.32. The quantitative estimate of drug-likeness (QED) is 0.284. The monoisotopic (exact) mass is 561 g/mol. The Kier molecular flexibility index (Phi) is 12.9. The molecular formula is C31H51N3O6. The molecule has 1 unspecified atom stereocenters. The Labute approximate surface area is 240 Å². The fourth-order valence-corrected chi connectivity index (χ4v) is 5.09. The van der Waals surface area contributed by atoms with Crippen LogP contribution in [0.1, 0.15) is 86.1 Å². The molecule has 9 nitrogen and oxygen atoms in total. The summed E-state index contributed by atoms with van der Waals surface area (Å²) >= 11 is 0. The van der Waals surface area contributed by atoms with E-state index in [1.165, 1.54) is 0 Å². The van der Waals surface area contributed by atoms with Gasteiger partial charge in [-0.05, 0) is 62.8 Å². The van der Waals surface area contributed by atoms with Crippen LogP contribution < -0.4 is 16.0 Å². The highest BCUT2D eigenvalue weighted by Gasteiger charge is 2.39. The zero-order valence-corrected chi connectivity index (χ0v) is 25.4. The second-order valence-corrected chi connectivity index (χ2v) is 13.0. The van der Waals surface area contributed by atoms with Crippen molar-refractivity contribution in [1.82, 2.24) is 16.0 Å². The molecule has 40 heavy (non-hydrogen) atoms. The average molecular weight is 562 g/mol. The number of ether oxygens (including phenoxy) is 2. The average Bonchev–Trinajstić information content (AvgIpc) is 3.33. The molecule has 1 saturated carbocycles. The maximum atomic E-state index is 13.1. The number of alkyl carbamates (subject to hydrolysis) is 1. The van der Waals surface area contributed by atoms with E-state index >= 15 is 0 Å². The smallest absolute Gasteiger partial charge is 0.408 e. The zero-order valence-electron chi connectivity index (χ0n) is 25.4. The van der Waals surface area contributed by atoms with Crippen LogP contribution in [0.5, 0.6) is 0 Å². The molecule has 1 aromatic carbocycles. The van der Waals surface area contributed by atoms with Crippen molar-refractivity contribution in [3.05, 3.63) is 35.9 Å². The van der Waals surface area contributed by atoms with E-state index < -0.39 is 35.2 Å². The van der Waals surface area contributed by atoms with Gasteiger partial charge in [0.15, 0.2) is 0 Å². The summed E-state index contributed by atoms with van der Waals surface area (Å²) in [6.07, 6.45) is 2.17. The van der Waals surface area contributed by atoms with Crippen molar-refractivity contribution in [3.63, 3.8) is 0 Å². The summed E-state index contributed by atoms with van der Waals surface area (Å²) in [4.78, 5) is 38.6. The van der Waals surface area contributed by atoms with E-state index in [0.717, 1.165) is 31.2 Å². The minimum Gasteiger partial charge on any atom is -0.444 e. The van der Waals surface area contributed by atoms with Crippen molar-refractivity contribution >= 4 is 17.9 Å². The highest BCUT2D eigenvalue weighted by Crippen LogP contribution is 2.34. The van der Waals surface area contributed by atoms with Gasteiger partial charge in [-0.3, -0.25) is 9.59 Å². The van der Waals surface area contributed by atoms with Gasteiger partial charge in [0.25, 0.3) is 0 Å². The first-order chi connectivity index (χ1) is 18.7. The predicted molar refractivity (Wildman–Crippen MR) is 155 cm³/mol. The van der Waals surface area contributed by atoms with E-state index in [1.807, 2.05) is 58.0 Å². The molecule has 9 heteroatoms. The molecule has 0 aromatic heterocycles. The summed E-state index contributed by atoms with van der Waals surface area (Å²) in [6.45, 7) is 14.1. The molecule has 0 aliphatic heterocycles. The lowest BCUT2D eigenvalue weighted by atomic mass is 9.85. The number of aliphatic hydroxyl groups is 1. The largest absolute Gasteiger partial charge is 0.444 e. The van der Waals surface area contributed by atoms with Gasteiger partial charge in [-0.15, -0.1) is 0 Å². The molecule has 1 aliphatic rings. The Balaban J connectivity index is 1.92. The van der Waals surface area contributed by atoms with Gasteiger partial charge >= 0.3 is 6.09 Å². The maximum Gasteiger partial charge on any atom is 0.408 e. The summed E-state index contributed by atoms with van der Waals surface area (Å²) < 4.78 is 11.2. The summed E-state index contributed by atoms with van der Waals surface area (Å²) in [5.41, 5.74) is -0.164. The number of rotatable bonds is 13. The Morgan fingerprint density at radius 3 is 2.27 bits per heavy atom. The normalized spacial score (nSPS) is 19.8. The number of aliphatic hydroxyl groups excluding tert-OH is 1.